The predicted octanol–water partition coefficient (Wildman–Crippen LogP) is 2.43. The molecule has 0 spiro atoms. The zero-order chi connectivity index (χ0) is 17.9. The molecule has 0 atom stereocenters. The number of imidazole rings is 1. The number of aromatic nitrogens is 4. The first-order valence-electron chi connectivity index (χ1n) is 8.06. The molecule has 0 aliphatic carbocycles. The largest absolute Gasteiger partial charge is 0.331 e. The molecule has 2 aromatic heterocycles. The van der Waals surface area contributed by atoms with Crippen molar-refractivity contribution in [3.05, 3.63) is 77.3 Å². The molecule has 26 heavy (non-hydrogen) atoms. The molecule has 0 aliphatic heterocycles. The van der Waals surface area contributed by atoms with Gasteiger partial charge >= 0.3 is 0 Å². The van der Waals surface area contributed by atoms with Crippen LogP contribution in [0.5, 0.6) is 0 Å². The molecule has 0 bridgehead atoms. The van der Waals surface area contributed by atoms with Crippen LogP contribution >= 0.6 is 0 Å². The summed E-state index contributed by atoms with van der Waals surface area (Å²) in [6, 6.07) is 17.0. The maximum atomic E-state index is 12.1. The van der Waals surface area contributed by atoms with Gasteiger partial charge in [0.2, 0.25) is 11.9 Å². The number of nitrogens with zero attached hydrogens (tertiary/aromatic N) is 3. The van der Waals surface area contributed by atoms with Gasteiger partial charge in [0.15, 0.2) is 0 Å². The van der Waals surface area contributed by atoms with Crippen LogP contribution in [0.4, 0.5) is 5.95 Å². The Bertz CT molecular complexity index is 1130. The minimum Gasteiger partial charge on any atom is -0.331 e. The molecule has 2 N–H and O–H groups in total. The number of rotatable bonds is 4. The van der Waals surface area contributed by atoms with Gasteiger partial charge in [-0.25, -0.2) is 9.67 Å². The number of amides is 1. The normalized spacial score (nSPS) is 10.8. The molecule has 2 heterocycles. The van der Waals surface area contributed by atoms with Crippen molar-refractivity contribution in [3.63, 3.8) is 0 Å². The smallest absolute Gasteiger partial charge is 0.267 e. The summed E-state index contributed by atoms with van der Waals surface area (Å²) in [4.78, 5) is 30.8. The Morgan fingerprint density at radius 3 is 2.73 bits per heavy atom. The van der Waals surface area contributed by atoms with Gasteiger partial charge < -0.3 is 4.98 Å². The summed E-state index contributed by atoms with van der Waals surface area (Å²) in [5.41, 5.74) is 1.16. The quantitative estimate of drug-likeness (QED) is 0.594. The van der Waals surface area contributed by atoms with E-state index in [4.69, 9.17) is 0 Å². The molecule has 2 aromatic carbocycles. The van der Waals surface area contributed by atoms with Crippen LogP contribution in [0.25, 0.3) is 22.0 Å². The van der Waals surface area contributed by atoms with Crippen molar-refractivity contribution in [2.45, 2.75) is 6.54 Å². The van der Waals surface area contributed by atoms with Crippen molar-refractivity contribution >= 4 is 22.6 Å². The zero-order valence-electron chi connectivity index (χ0n) is 13.7. The standard InChI is InChI=1S/C19H15N5O2/c25-17(22-19-20-9-10-21-19)12-24-18(26)8-7-16(23-24)15-6-5-13-3-1-2-4-14(13)11-15/h1-11H,12H2,(H2,20,21,22,25). The zero-order valence-corrected chi connectivity index (χ0v) is 13.7. The van der Waals surface area contributed by atoms with E-state index in [1.807, 2.05) is 42.5 Å². The number of anilines is 1. The van der Waals surface area contributed by atoms with Crippen LogP contribution in [0.15, 0.2) is 71.8 Å². The van der Waals surface area contributed by atoms with Crippen LogP contribution in [0.1, 0.15) is 0 Å². The van der Waals surface area contributed by atoms with Crippen molar-refractivity contribution in [2.24, 2.45) is 0 Å². The molecule has 0 aliphatic rings. The number of fused-ring (bicyclic) bond motifs is 1. The van der Waals surface area contributed by atoms with Gasteiger partial charge in [-0.2, -0.15) is 5.10 Å². The average Bonchev–Trinajstić information content (AvgIpc) is 3.16. The molecule has 4 rings (SSSR count). The lowest BCUT2D eigenvalue weighted by Gasteiger charge is -2.08. The topological polar surface area (TPSA) is 92.7 Å². The number of carbonyl (C=O) groups excluding carboxylic acids is 1. The fourth-order valence-corrected chi connectivity index (χ4v) is 2.71. The molecule has 0 radical (unpaired) electrons. The fourth-order valence-electron chi connectivity index (χ4n) is 2.71. The molecular weight excluding hydrogens is 330 g/mol. The number of H-pyrrole nitrogens is 1. The van der Waals surface area contributed by atoms with Gasteiger partial charge in [0, 0.05) is 24.0 Å². The second-order valence-electron chi connectivity index (χ2n) is 5.76. The van der Waals surface area contributed by atoms with Crippen molar-refractivity contribution in [1.82, 2.24) is 19.7 Å². The van der Waals surface area contributed by atoms with Crippen molar-refractivity contribution in [2.75, 3.05) is 5.32 Å². The van der Waals surface area contributed by atoms with Crippen LogP contribution in [0, 0.1) is 0 Å². The van der Waals surface area contributed by atoms with E-state index in [9.17, 15) is 9.59 Å². The summed E-state index contributed by atoms with van der Waals surface area (Å²) in [6.45, 7) is -0.193. The third-order valence-corrected chi connectivity index (χ3v) is 3.96. The maximum absolute atomic E-state index is 12.1. The Morgan fingerprint density at radius 2 is 1.92 bits per heavy atom. The molecule has 7 nitrogen and oxygen atoms in total. The first-order valence-corrected chi connectivity index (χ1v) is 8.06. The second-order valence-corrected chi connectivity index (χ2v) is 5.76. The van der Waals surface area contributed by atoms with Crippen LogP contribution in [0.3, 0.4) is 0 Å². The van der Waals surface area contributed by atoms with Gasteiger partial charge in [-0.05, 0) is 22.9 Å². The van der Waals surface area contributed by atoms with E-state index in [1.165, 1.54) is 12.3 Å². The number of aromatic amines is 1. The highest BCUT2D eigenvalue weighted by atomic mass is 16.2. The highest BCUT2D eigenvalue weighted by molar-refractivity contribution is 5.89. The van der Waals surface area contributed by atoms with Gasteiger partial charge in [0.25, 0.3) is 5.56 Å². The lowest BCUT2D eigenvalue weighted by atomic mass is 10.1. The van der Waals surface area contributed by atoms with E-state index in [2.05, 4.69) is 20.4 Å². The van der Waals surface area contributed by atoms with Gasteiger partial charge in [0.1, 0.15) is 6.54 Å². The molecule has 1 amide bonds. The summed E-state index contributed by atoms with van der Waals surface area (Å²) >= 11 is 0. The minimum absolute atomic E-state index is 0.193. The van der Waals surface area contributed by atoms with E-state index in [1.54, 1.807) is 12.3 Å². The molecule has 0 fully saturated rings. The van der Waals surface area contributed by atoms with Crippen LogP contribution in [0.2, 0.25) is 0 Å². The summed E-state index contributed by atoms with van der Waals surface area (Å²) in [6.07, 6.45) is 3.13. The SMILES string of the molecule is O=C(Cn1nc(-c2ccc3ccccc3c2)ccc1=O)Nc1ncc[nH]1. The predicted molar refractivity (Wildman–Crippen MR) is 98.7 cm³/mol. The van der Waals surface area contributed by atoms with Crippen molar-refractivity contribution in [1.29, 1.82) is 0 Å². The highest BCUT2D eigenvalue weighted by Gasteiger charge is 2.09. The van der Waals surface area contributed by atoms with Gasteiger partial charge in [0.05, 0.1) is 5.69 Å². The fraction of sp³-hybridized carbons (Fsp3) is 0.0526. The minimum atomic E-state index is -0.384. The Balaban J connectivity index is 1.62. The number of hydrogen-bond donors (Lipinski definition) is 2. The molecule has 0 saturated heterocycles. The molecule has 7 heteroatoms. The lowest BCUT2D eigenvalue weighted by molar-refractivity contribution is -0.117. The molecule has 4 aromatic rings. The number of hydrogen-bond acceptors (Lipinski definition) is 4. The molecule has 128 valence electrons. The van der Waals surface area contributed by atoms with Crippen molar-refractivity contribution in [3.8, 4) is 11.3 Å². The summed E-state index contributed by atoms with van der Waals surface area (Å²) in [5.74, 6) is -0.0565. The Hall–Kier alpha value is -3.74. The van der Waals surface area contributed by atoms with Gasteiger partial charge in [-0.3, -0.25) is 14.9 Å². The first kappa shape index (κ1) is 15.8. The van der Waals surface area contributed by atoms with Crippen LogP contribution in [-0.2, 0) is 11.3 Å². The summed E-state index contributed by atoms with van der Waals surface area (Å²) in [5, 5.41) is 9.12. The van der Waals surface area contributed by atoms with E-state index >= 15 is 0 Å². The van der Waals surface area contributed by atoms with Crippen LogP contribution < -0.4 is 10.9 Å². The van der Waals surface area contributed by atoms with E-state index < -0.39 is 0 Å². The van der Waals surface area contributed by atoms with E-state index in [0.717, 1.165) is 21.0 Å². The number of nitrogens with one attached hydrogen (secondary N) is 2. The average molecular weight is 345 g/mol. The highest BCUT2D eigenvalue weighted by Crippen LogP contribution is 2.22. The van der Waals surface area contributed by atoms with Crippen molar-refractivity contribution < 1.29 is 4.79 Å². The monoisotopic (exact) mass is 345 g/mol. The first-order chi connectivity index (χ1) is 12.7. The molecule has 0 unspecified atom stereocenters. The van der Waals surface area contributed by atoms with Crippen LogP contribution in [-0.4, -0.2) is 25.7 Å². The summed E-state index contributed by atoms with van der Waals surface area (Å²) in [7, 11) is 0. The summed E-state index contributed by atoms with van der Waals surface area (Å²) < 4.78 is 1.14. The Labute approximate surface area is 148 Å². The third-order valence-electron chi connectivity index (χ3n) is 3.96. The van der Waals surface area contributed by atoms with E-state index in [0.29, 0.717) is 11.6 Å². The number of benzene rings is 2. The maximum Gasteiger partial charge on any atom is 0.267 e. The van der Waals surface area contributed by atoms with E-state index in [-0.39, 0.29) is 18.0 Å². The molecular formula is C19H15N5O2. The van der Waals surface area contributed by atoms with Gasteiger partial charge in [-0.1, -0.05) is 36.4 Å². The third kappa shape index (κ3) is 3.23. The Morgan fingerprint density at radius 1 is 1.08 bits per heavy atom. The second kappa shape index (κ2) is 6.64. The van der Waals surface area contributed by atoms with Gasteiger partial charge in [-0.15, -0.1) is 0 Å². The number of carbonyl (C=O) groups is 1. The molecule has 0 saturated carbocycles. The Kier molecular flexibility index (Phi) is 4.03. The lowest BCUT2D eigenvalue weighted by Crippen LogP contribution is -2.29.